The van der Waals surface area contributed by atoms with Crippen molar-refractivity contribution in [1.29, 1.82) is 0 Å². The van der Waals surface area contributed by atoms with Gasteiger partial charge in [-0.25, -0.2) is 0 Å². The van der Waals surface area contributed by atoms with Gasteiger partial charge >= 0.3 is 5.97 Å². The van der Waals surface area contributed by atoms with Crippen molar-refractivity contribution in [3.8, 4) is 5.75 Å². The highest BCUT2D eigenvalue weighted by atomic mass is 16.6. The third-order valence-corrected chi connectivity index (χ3v) is 3.42. The molecular formula is C15H20O4. The smallest absolute Gasteiger partial charge is 0.311 e. The highest BCUT2D eigenvalue weighted by molar-refractivity contribution is 5.73. The Morgan fingerprint density at radius 3 is 2.74 bits per heavy atom. The van der Waals surface area contributed by atoms with Gasteiger partial charge in [0, 0.05) is 0 Å². The Hall–Kier alpha value is -1.55. The predicted molar refractivity (Wildman–Crippen MR) is 71.0 cm³/mol. The Balaban J connectivity index is 1.87. The van der Waals surface area contributed by atoms with E-state index in [-0.39, 0.29) is 24.1 Å². The van der Waals surface area contributed by atoms with Gasteiger partial charge in [-0.2, -0.15) is 0 Å². The van der Waals surface area contributed by atoms with Gasteiger partial charge in [-0.15, -0.1) is 0 Å². The van der Waals surface area contributed by atoms with Crippen molar-refractivity contribution in [3.63, 3.8) is 0 Å². The van der Waals surface area contributed by atoms with Crippen LogP contribution < -0.4 is 4.74 Å². The van der Waals surface area contributed by atoms with Crippen molar-refractivity contribution in [3.05, 3.63) is 30.3 Å². The molecule has 0 bridgehead atoms. The number of carbonyl (C=O) groups is 1. The SMILES string of the molecule is CC[C@@H]1O[C@H](COc2ccccc2)C[C@H]1C(=O)OC. The summed E-state index contributed by atoms with van der Waals surface area (Å²) in [7, 11) is 1.42. The van der Waals surface area contributed by atoms with Crippen LogP contribution in [0.25, 0.3) is 0 Å². The minimum absolute atomic E-state index is 0.0470. The summed E-state index contributed by atoms with van der Waals surface area (Å²) in [6.07, 6.45) is 1.37. The Labute approximate surface area is 113 Å². The third-order valence-electron chi connectivity index (χ3n) is 3.42. The van der Waals surface area contributed by atoms with Gasteiger partial charge in [-0.1, -0.05) is 25.1 Å². The normalized spacial score (nSPS) is 26.1. The van der Waals surface area contributed by atoms with Crippen LogP contribution in [0.1, 0.15) is 19.8 Å². The molecule has 0 spiro atoms. The van der Waals surface area contributed by atoms with Crippen molar-refractivity contribution in [2.45, 2.75) is 32.0 Å². The van der Waals surface area contributed by atoms with Gasteiger partial charge in [0.2, 0.25) is 0 Å². The van der Waals surface area contributed by atoms with Crippen LogP contribution >= 0.6 is 0 Å². The lowest BCUT2D eigenvalue weighted by atomic mass is 9.98. The first-order valence-electron chi connectivity index (χ1n) is 6.65. The molecule has 19 heavy (non-hydrogen) atoms. The molecule has 3 atom stereocenters. The van der Waals surface area contributed by atoms with E-state index in [0.717, 1.165) is 12.2 Å². The number of benzene rings is 1. The molecule has 1 aliphatic heterocycles. The zero-order valence-corrected chi connectivity index (χ0v) is 11.4. The van der Waals surface area contributed by atoms with E-state index in [1.54, 1.807) is 0 Å². The van der Waals surface area contributed by atoms with Crippen LogP contribution in [0.5, 0.6) is 5.75 Å². The minimum atomic E-state index is -0.186. The minimum Gasteiger partial charge on any atom is -0.491 e. The van der Waals surface area contributed by atoms with E-state index in [4.69, 9.17) is 14.2 Å². The quantitative estimate of drug-likeness (QED) is 0.766. The average molecular weight is 264 g/mol. The van der Waals surface area contributed by atoms with Gasteiger partial charge < -0.3 is 14.2 Å². The van der Waals surface area contributed by atoms with Gasteiger partial charge in [0.1, 0.15) is 12.4 Å². The molecule has 104 valence electrons. The van der Waals surface area contributed by atoms with Crippen molar-refractivity contribution in [2.24, 2.45) is 5.92 Å². The summed E-state index contributed by atoms with van der Waals surface area (Å²) in [6.45, 7) is 2.48. The molecular weight excluding hydrogens is 244 g/mol. The summed E-state index contributed by atoms with van der Waals surface area (Å²) in [5.74, 6) is 0.467. The number of rotatable bonds is 5. The summed E-state index contributed by atoms with van der Waals surface area (Å²) in [5, 5.41) is 0. The molecule has 2 rings (SSSR count). The number of ether oxygens (including phenoxy) is 3. The molecule has 4 heteroatoms. The Kier molecular flexibility index (Phi) is 4.80. The molecule has 0 aromatic heterocycles. The van der Waals surface area contributed by atoms with Crippen LogP contribution in [-0.4, -0.2) is 31.9 Å². The van der Waals surface area contributed by atoms with E-state index in [0.29, 0.717) is 13.0 Å². The van der Waals surface area contributed by atoms with E-state index in [2.05, 4.69) is 0 Å². The van der Waals surface area contributed by atoms with E-state index in [1.165, 1.54) is 7.11 Å². The number of carbonyl (C=O) groups excluding carboxylic acids is 1. The Morgan fingerprint density at radius 1 is 1.37 bits per heavy atom. The first-order valence-corrected chi connectivity index (χ1v) is 6.65. The first kappa shape index (κ1) is 13.9. The second-order valence-electron chi connectivity index (χ2n) is 4.69. The number of methoxy groups -OCH3 is 1. The molecule has 1 fully saturated rings. The second-order valence-corrected chi connectivity index (χ2v) is 4.69. The van der Waals surface area contributed by atoms with Crippen molar-refractivity contribution in [1.82, 2.24) is 0 Å². The summed E-state index contributed by atoms with van der Waals surface area (Å²) in [5.41, 5.74) is 0. The van der Waals surface area contributed by atoms with Crippen LogP contribution in [-0.2, 0) is 14.3 Å². The summed E-state index contributed by atoms with van der Waals surface area (Å²) < 4.78 is 16.3. The first-order chi connectivity index (χ1) is 9.24. The lowest BCUT2D eigenvalue weighted by molar-refractivity contribution is -0.147. The molecule has 1 aromatic rings. The molecule has 0 amide bonds. The van der Waals surface area contributed by atoms with Gasteiger partial charge in [0.05, 0.1) is 25.2 Å². The number of esters is 1. The molecule has 1 saturated heterocycles. The number of para-hydroxylation sites is 1. The number of hydrogen-bond donors (Lipinski definition) is 0. The van der Waals surface area contributed by atoms with Crippen molar-refractivity contribution >= 4 is 5.97 Å². The summed E-state index contributed by atoms with van der Waals surface area (Å²) in [4.78, 5) is 11.7. The standard InChI is InChI=1S/C15H20O4/c1-3-14-13(15(16)17-2)9-12(19-14)10-18-11-7-5-4-6-8-11/h4-8,12-14H,3,9-10H2,1-2H3/t12-,13+,14-/m0/s1. The van der Waals surface area contributed by atoms with Crippen LogP contribution in [0.2, 0.25) is 0 Å². The van der Waals surface area contributed by atoms with E-state index >= 15 is 0 Å². The van der Waals surface area contributed by atoms with Crippen LogP contribution in [0.3, 0.4) is 0 Å². The monoisotopic (exact) mass is 264 g/mol. The van der Waals surface area contributed by atoms with Crippen LogP contribution in [0.15, 0.2) is 30.3 Å². The highest BCUT2D eigenvalue weighted by Crippen LogP contribution is 2.30. The Bertz CT molecular complexity index is 404. The molecule has 0 radical (unpaired) electrons. The fourth-order valence-corrected chi connectivity index (χ4v) is 2.43. The fourth-order valence-electron chi connectivity index (χ4n) is 2.43. The van der Waals surface area contributed by atoms with E-state index in [9.17, 15) is 4.79 Å². The summed E-state index contributed by atoms with van der Waals surface area (Å²) in [6, 6.07) is 9.61. The van der Waals surface area contributed by atoms with Gasteiger partial charge in [0.15, 0.2) is 0 Å². The zero-order chi connectivity index (χ0) is 13.7. The second kappa shape index (κ2) is 6.57. The molecule has 0 saturated carbocycles. The fraction of sp³-hybridized carbons (Fsp3) is 0.533. The maximum Gasteiger partial charge on any atom is 0.311 e. The van der Waals surface area contributed by atoms with Crippen LogP contribution in [0.4, 0.5) is 0 Å². The lowest BCUT2D eigenvalue weighted by Crippen LogP contribution is -2.24. The molecule has 4 nitrogen and oxygen atoms in total. The maximum atomic E-state index is 11.7. The number of hydrogen-bond acceptors (Lipinski definition) is 4. The van der Waals surface area contributed by atoms with Gasteiger partial charge in [-0.05, 0) is 25.0 Å². The largest absolute Gasteiger partial charge is 0.491 e. The topological polar surface area (TPSA) is 44.8 Å². The zero-order valence-electron chi connectivity index (χ0n) is 11.4. The molecule has 1 aliphatic rings. The maximum absolute atomic E-state index is 11.7. The van der Waals surface area contributed by atoms with E-state index in [1.807, 2.05) is 37.3 Å². The average Bonchev–Trinajstić information content (AvgIpc) is 2.88. The molecule has 0 aliphatic carbocycles. The predicted octanol–water partition coefficient (Wildman–Crippen LogP) is 2.42. The lowest BCUT2D eigenvalue weighted by Gasteiger charge is -2.14. The molecule has 1 heterocycles. The third kappa shape index (κ3) is 3.47. The molecule has 1 aromatic carbocycles. The van der Waals surface area contributed by atoms with Crippen molar-refractivity contribution in [2.75, 3.05) is 13.7 Å². The summed E-state index contributed by atoms with van der Waals surface area (Å²) >= 11 is 0. The van der Waals surface area contributed by atoms with Crippen LogP contribution in [0, 0.1) is 5.92 Å². The van der Waals surface area contributed by atoms with Gasteiger partial charge in [0.25, 0.3) is 0 Å². The molecule has 0 unspecified atom stereocenters. The van der Waals surface area contributed by atoms with Crippen molar-refractivity contribution < 1.29 is 19.0 Å². The Morgan fingerprint density at radius 2 is 2.11 bits per heavy atom. The van der Waals surface area contributed by atoms with Gasteiger partial charge in [-0.3, -0.25) is 4.79 Å². The highest BCUT2D eigenvalue weighted by Gasteiger charge is 2.39. The molecule has 0 N–H and O–H groups in total. The van der Waals surface area contributed by atoms with E-state index < -0.39 is 0 Å².